The highest BCUT2D eigenvalue weighted by molar-refractivity contribution is 7.80. The second kappa shape index (κ2) is 4.70. The second-order valence-electron chi connectivity index (χ2n) is 2.50. The maximum atomic E-state index is 8.86. The van der Waals surface area contributed by atoms with Crippen LogP contribution in [-0.4, -0.2) is 10.1 Å². The van der Waals surface area contributed by atoms with Crippen molar-refractivity contribution >= 4 is 25.0 Å². The van der Waals surface area contributed by atoms with Crippen molar-refractivity contribution in [2.24, 2.45) is 0 Å². The van der Waals surface area contributed by atoms with Gasteiger partial charge in [0.25, 0.3) is 0 Å². The van der Waals surface area contributed by atoms with Gasteiger partial charge in [-0.15, -0.1) is 25.0 Å². The molecular formula is C8H12ClNOS. The summed E-state index contributed by atoms with van der Waals surface area (Å²) in [6, 6.07) is 0. The Morgan fingerprint density at radius 2 is 2.08 bits per heavy atom. The molecule has 0 aliphatic heterocycles. The Morgan fingerprint density at radius 1 is 1.50 bits per heavy atom. The molecule has 1 N–H and O–H groups in total. The third-order valence-electron chi connectivity index (χ3n) is 1.76. The molecule has 0 aliphatic rings. The van der Waals surface area contributed by atoms with Crippen molar-refractivity contribution in [3.8, 4) is 0 Å². The molecule has 0 bridgehead atoms. The average molecular weight is 206 g/mol. The Bertz CT molecular complexity index is 278. The Morgan fingerprint density at radius 3 is 2.58 bits per heavy atom. The van der Waals surface area contributed by atoms with Gasteiger partial charge in [0.15, 0.2) is 0 Å². The van der Waals surface area contributed by atoms with Gasteiger partial charge in [0.2, 0.25) is 0 Å². The summed E-state index contributed by atoms with van der Waals surface area (Å²) in [5.74, 6) is 0. The van der Waals surface area contributed by atoms with Crippen LogP contribution in [-0.2, 0) is 6.61 Å². The van der Waals surface area contributed by atoms with Crippen LogP contribution >= 0.6 is 25.0 Å². The molecule has 0 fully saturated rings. The maximum Gasteiger partial charge on any atom is 0.0699 e. The summed E-state index contributed by atoms with van der Waals surface area (Å²) in [4.78, 5) is 4.95. The number of aliphatic hydroxyl groups excluding tert-OH is 1. The lowest BCUT2D eigenvalue weighted by Gasteiger charge is -2.06. The first-order chi connectivity index (χ1) is 5.16. The highest BCUT2D eigenvalue weighted by Crippen LogP contribution is 2.18. The highest BCUT2D eigenvalue weighted by atomic mass is 35.5. The fourth-order valence-electron chi connectivity index (χ4n) is 0.916. The van der Waals surface area contributed by atoms with E-state index in [2.05, 4.69) is 17.6 Å². The van der Waals surface area contributed by atoms with Crippen LogP contribution in [0.4, 0.5) is 0 Å². The van der Waals surface area contributed by atoms with Gasteiger partial charge < -0.3 is 5.11 Å². The van der Waals surface area contributed by atoms with Crippen molar-refractivity contribution in [3.63, 3.8) is 0 Å². The first-order valence-corrected chi connectivity index (χ1v) is 3.86. The van der Waals surface area contributed by atoms with Gasteiger partial charge in [-0.3, -0.25) is 4.98 Å². The van der Waals surface area contributed by atoms with Crippen LogP contribution in [0.5, 0.6) is 0 Å². The molecule has 1 aromatic rings. The smallest absolute Gasteiger partial charge is 0.0699 e. The molecule has 2 nitrogen and oxygen atoms in total. The number of hydrogen-bond acceptors (Lipinski definition) is 3. The Kier molecular flexibility index (Phi) is 4.60. The monoisotopic (exact) mass is 205 g/mol. The molecule has 0 atom stereocenters. The number of thiol groups is 1. The van der Waals surface area contributed by atoms with Gasteiger partial charge in [-0.2, -0.15) is 0 Å². The summed E-state index contributed by atoms with van der Waals surface area (Å²) < 4.78 is 0. The second-order valence-corrected chi connectivity index (χ2v) is 2.95. The minimum atomic E-state index is 0. The normalized spacial score (nSPS) is 9.33. The number of nitrogens with zero attached hydrogens (tertiary/aromatic N) is 1. The van der Waals surface area contributed by atoms with Crippen LogP contribution in [0.15, 0.2) is 11.1 Å². The minimum absolute atomic E-state index is 0. The Hall–Kier alpha value is -0.250. The van der Waals surface area contributed by atoms with E-state index in [-0.39, 0.29) is 19.0 Å². The topological polar surface area (TPSA) is 33.1 Å². The summed E-state index contributed by atoms with van der Waals surface area (Å²) >= 11 is 4.26. The zero-order valence-corrected chi connectivity index (χ0v) is 8.75. The molecule has 0 radical (unpaired) electrons. The molecule has 4 heteroatoms. The van der Waals surface area contributed by atoms with Gasteiger partial charge in [0.1, 0.15) is 0 Å². The van der Waals surface area contributed by atoms with Gasteiger partial charge in [-0.05, 0) is 25.0 Å². The highest BCUT2D eigenvalue weighted by Gasteiger charge is 2.03. The van der Waals surface area contributed by atoms with Crippen molar-refractivity contribution in [1.29, 1.82) is 0 Å². The zero-order valence-electron chi connectivity index (χ0n) is 7.03. The predicted molar refractivity (Wildman–Crippen MR) is 54.1 cm³/mol. The predicted octanol–water partition coefficient (Wildman–Crippen LogP) is 1.90. The van der Waals surface area contributed by atoms with Crippen LogP contribution in [0.2, 0.25) is 0 Å². The molecule has 0 aromatic carbocycles. The molecule has 0 saturated heterocycles. The first-order valence-electron chi connectivity index (χ1n) is 3.41. The van der Waals surface area contributed by atoms with E-state index in [0.29, 0.717) is 0 Å². The SMILES string of the molecule is Cc1ncc(CO)c(C)c1S.Cl. The summed E-state index contributed by atoms with van der Waals surface area (Å²) in [5, 5.41) is 8.86. The molecule has 1 rings (SSSR count). The molecule has 1 heterocycles. The van der Waals surface area contributed by atoms with E-state index in [1.165, 1.54) is 0 Å². The van der Waals surface area contributed by atoms with E-state index in [1.54, 1.807) is 6.20 Å². The Labute approximate surface area is 83.8 Å². The quantitative estimate of drug-likeness (QED) is 0.687. The lowest BCUT2D eigenvalue weighted by molar-refractivity contribution is 0.280. The van der Waals surface area contributed by atoms with Crippen molar-refractivity contribution in [1.82, 2.24) is 4.98 Å². The maximum absolute atomic E-state index is 8.86. The third-order valence-corrected chi connectivity index (χ3v) is 2.42. The van der Waals surface area contributed by atoms with Gasteiger partial charge in [0, 0.05) is 11.1 Å². The number of aromatic nitrogens is 1. The van der Waals surface area contributed by atoms with Gasteiger partial charge in [-0.1, -0.05) is 0 Å². The number of aryl methyl sites for hydroxylation is 1. The van der Waals surface area contributed by atoms with Crippen molar-refractivity contribution in [2.75, 3.05) is 0 Å². The largest absolute Gasteiger partial charge is 0.392 e. The van der Waals surface area contributed by atoms with E-state index in [1.807, 2.05) is 13.8 Å². The van der Waals surface area contributed by atoms with E-state index in [9.17, 15) is 0 Å². The summed E-state index contributed by atoms with van der Waals surface area (Å²) in [7, 11) is 0. The Balaban J connectivity index is 0.00000121. The van der Waals surface area contributed by atoms with Gasteiger partial charge >= 0.3 is 0 Å². The van der Waals surface area contributed by atoms with Crippen LogP contribution in [0.25, 0.3) is 0 Å². The fourth-order valence-corrected chi connectivity index (χ4v) is 1.12. The molecule has 0 saturated carbocycles. The van der Waals surface area contributed by atoms with E-state index in [4.69, 9.17) is 5.11 Å². The van der Waals surface area contributed by atoms with Gasteiger partial charge in [0.05, 0.1) is 12.3 Å². The van der Waals surface area contributed by atoms with Crippen LogP contribution in [0.3, 0.4) is 0 Å². The number of halogens is 1. The van der Waals surface area contributed by atoms with Crippen LogP contribution in [0, 0.1) is 13.8 Å². The number of pyridine rings is 1. The lowest BCUT2D eigenvalue weighted by Crippen LogP contribution is -1.94. The number of rotatable bonds is 1. The summed E-state index contributed by atoms with van der Waals surface area (Å²) in [6.07, 6.45) is 1.68. The van der Waals surface area contributed by atoms with Gasteiger partial charge in [-0.25, -0.2) is 0 Å². The summed E-state index contributed by atoms with van der Waals surface area (Å²) in [5.41, 5.74) is 2.77. The van der Waals surface area contributed by atoms with E-state index >= 15 is 0 Å². The molecule has 12 heavy (non-hydrogen) atoms. The third kappa shape index (κ3) is 2.12. The number of aliphatic hydroxyl groups is 1. The van der Waals surface area contributed by atoms with Crippen molar-refractivity contribution in [2.45, 2.75) is 25.3 Å². The summed E-state index contributed by atoms with van der Waals surface area (Å²) in [6.45, 7) is 3.87. The molecule has 0 spiro atoms. The minimum Gasteiger partial charge on any atom is -0.392 e. The molecular weight excluding hydrogens is 194 g/mol. The standard InChI is InChI=1S/C8H11NOS.ClH/c1-5-7(4-10)3-9-6(2)8(5)11;/h3,10-11H,4H2,1-2H3;1H. The van der Waals surface area contributed by atoms with Crippen LogP contribution < -0.4 is 0 Å². The van der Waals surface area contributed by atoms with Crippen molar-refractivity contribution < 1.29 is 5.11 Å². The van der Waals surface area contributed by atoms with Crippen LogP contribution in [0.1, 0.15) is 16.8 Å². The first kappa shape index (κ1) is 11.8. The van der Waals surface area contributed by atoms with Crippen molar-refractivity contribution in [3.05, 3.63) is 23.0 Å². The van der Waals surface area contributed by atoms with E-state index in [0.717, 1.165) is 21.7 Å². The number of hydrogen-bond donors (Lipinski definition) is 2. The van der Waals surface area contributed by atoms with E-state index < -0.39 is 0 Å². The molecule has 0 aliphatic carbocycles. The molecule has 0 amide bonds. The zero-order chi connectivity index (χ0) is 8.43. The molecule has 68 valence electrons. The fraction of sp³-hybridized carbons (Fsp3) is 0.375. The lowest BCUT2D eigenvalue weighted by atomic mass is 10.1. The molecule has 0 unspecified atom stereocenters. The average Bonchev–Trinajstić information content (AvgIpc) is 2.01. The molecule has 1 aromatic heterocycles.